The maximum Gasteiger partial charge on any atom is 0.253 e. The smallest absolute Gasteiger partial charge is 0.253 e. The quantitative estimate of drug-likeness (QED) is 0.740. The van der Waals surface area contributed by atoms with Crippen LogP contribution in [-0.2, 0) is 11.3 Å². The number of hydrogen-bond donors (Lipinski definition) is 1. The van der Waals surface area contributed by atoms with Gasteiger partial charge in [0, 0.05) is 24.8 Å². The van der Waals surface area contributed by atoms with Gasteiger partial charge in [-0.3, -0.25) is 9.59 Å². The molecule has 0 bridgehead atoms. The third-order valence-corrected chi connectivity index (χ3v) is 5.40. The van der Waals surface area contributed by atoms with Crippen LogP contribution < -0.4 is 5.32 Å². The molecule has 0 radical (unpaired) electrons. The van der Waals surface area contributed by atoms with Crippen molar-refractivity contribution in [3.8, 4) is 0 Å². The van der Waals surface area contributed by atoms with Gasteiger partial charge in [0.25, 0.3) is 5.91 Å². The number of nitrogens with one attached hydrogen (secondary N) is 1. The van der Waals surface area contributed by atoms with Crippen LogP contribution in [0.4, 0.5) is 4.39 Å². The van der Waals surface area contributed by atoms with Crippen molar-refractivity contribution in [1.82, 2.24) is 19.6 Å². The Morgan fingerprint density at radius 2 is 2.00 bits per heavy atom. The average Bonchev–Trinajstić information content (AvgIpc) is 3.08. The summed E-state index contributed by atoms with van der Waals surface area (Å²) >= 11 is 0. The highest BCUT2D eigenvalue weighted by atomic mass is 19.1. The van der Waals surface area contributed by atoms with Crippen molar-refractivity contribution < 1.29 is 14.0 Å². The fourth-order valence-corrected chi connectivity index (χ4v) is 3.86. The number of pyridine rings is 1. The molecule has 1 atom stereocenters. The van der Waals surface area contributed by atoms with E-state index in [9.17, 15) is 14.0 Å². The van der Waals surface area contributed by atoms with E-state index in [4.69, 9.17) is 0 Å². The fraction of sp³-hybridized carbons (Fsp3) is 0.318. The molecular formula is C22H23FN4O2. The van der Waals surface area contributed by atoms with Crippen LogP contribution in [0.2, 0.25) is 0 Å². The van der Waals surface area contributed by atoms with Gasteiger partial charge in [0.1, 0.15) is 11.6 Å². The Morgan fingerprint density at radius 1 is 1.21 bits per heavy atom. The Morgan fingerprint density at radius 3 is 2.79 bits per heavy atom. The van der Waals surface area contributed by atoms with Gasteiger partial charge >= 0.3 is 0 Å². The lowest BCUT2D eigenvalue weighted by Gasteiger charge is -2.32. The number of carbonyl (C=O) groups is 2. The standard InChI is InChI=1S/C22H23FN4O2/c1-15-25-19(20-6-2-3-12-27(15)20)13-24-21(28)17-5-4-11-26(14-17)22(29)16-7-9-18(23)10-8-16/h2-3,6-10,12,17H,4-5,11,13-14H2,1H3,(H,24,28)/t17-/m0/s1. The second-order valence-corrected chi connectivity index (χ2v) is 7.38. The Kier molecular flexibility index (Phi) is 5.29. The molecule has 6 nitrogen and oxygen atoms in total. The number of fused-ring (bicyclic) bond motifs is 1. The van der Waals surface area contributed by atoms with E-state index in [1.807, 2.05) is 35.7 Å². The molecule has 3 heterocycles. The predicted molar refractivity (Wildman–Crippen MR) is 107 cm³/mol. The highest BCUT2D eigenvalue weighted by Crippen LogP contribution is 2.20. The summed E-state index contributed by atoms with van der Waals surface area (Å²) in [5.41, 5.74) is 2.24. The van der Waals surface area contributed by atoms with Crippen LogP contribution in [0.5, 0.6) is 0 Å². The van der Waals surface area contributed by atoms with E-state index in [0.29, 0.717) is 25.2 Å². The second-order valence-electron chi connectivity index (χ2n) is 7.38. The number of imidazole rings is 1. The molecule has 1 aromatic carbocycles. The summed E-state index contributed by atoms with van der Waals surface area (Å²) in [6.07, 6.45) is 3.45. The summed E-state index contributed by atoms with van der Waals surface area (Å²) in [5, 5.41) is 2.98. The van der Waals surface area contributed by atoms with E-state index in [0.717, 1.165) is 29.9 Å². The summed E-state index contributed by atoms with van der Waals surface area (Å²) in [5.74, 6) is -0.00392. The number of carbonyl (C=O) groups excluding carboxylic acids is 2. The lowest BCUT2D eigenvalue weighted by Crippen LogP contribution is -2.45. The summed E-state index contributed by atoms with van der Waals surface area (Å²) < 4.78 is 15.1. The molecule has 2 aromatic heterocycles. The van der Waals surface area contributed by atoms with E-state index < -0.39 is 0 Å². The minimum absolute atomic E-state index is 0.0728. The van der Waals surface area contributed by atoms with Crippen LogP contribution >= 0.6 is 0 Å². The number of piperidine rings is 1. The van der Waals surface area contributed by atoms with Gasteiger partial charge in [-0.15, -0.1) is 0 Å². The molecule has 2 amide bonds. The number of nitrogens with zero attached hydrogens (tertiary/aromatic N) is 3. The summed E-state index contributed by atoms with van der Waals surface area (Å²) in [7, 11) is 0. The van der Waals surface area contributed by atoms with Gasteiger partial charge in [0.05, 0.1) is 23.7 Å². The number of hydrogen-bond acceptors (Lipinski definition) is 3. The first-order valence-corrected chi connectivity index (χ1v) is 9.78. The fourth-order valence-electron chi connectivity index (χ4n) is 3.86. The number of likely N-dealkylation sites (tertiary alicyclic amines) is 1. The topological polar surface area (TPSA) is 66.7 Å². The normalized spacial score (nSPS) is 16.8. The van der Waals surface area contributed by atoms with E-state index in [2.05, 4.69) is 10.3 Å². The molecule has 0 aliphatic carbocycles. The van der Waals surface area contributed by atoms with E-state index in [1.165, 1.54) is 24.3 Å². The first-order valence-electron chi connectivity index (χ1n) is 9.78. The Balaban J connectivity index is 1.39. The number of aromatic nitrogens is 2. The maximum atomic E-state index is 13.1. The van der Waals surface area contributed by atoms with Gasteiger partial charge in [0.15, 0.2) is 0 Å². The molecule has 4 rings (SSSR count). The van der Waals surface area contributed by atoms with Crippen molar-refractivity contribution >= 4 is 17.3 Å². The van der Waals surface area contributed by atoms with Crippen LogP contribution in [0.15, 0.2) is 48.7 Å². The maximum absolute atomic E-state index is 13.1. The molecule has 3 aromatic rings. The number of halogens is 1. The molecule has 1 aliphatic heterocycles. The molecule has 0 saturated carbocycles. The van der Waals surface area contributed by atoms with Crippen molar-refractivity contribution in [1.29, 1.82) is 0 Å². The third kappa shape index (κ3) is 3.99. The molecule has 29 heavy (non-hydrogen) atoms. The monoisotopic (exact) mass is 394 g/mol. The van der Waals surface area contributed by atoms with Gasteiger partial charge < -0.3 is 14.6 Å². The number of benzene rings is 1. The van der Waals surface area contributed by atoms with Crippen molar-refractivity contribution in [2.45, 2.75) is 26.3 Å². The van der Waals surface area contributed by atoms with Gasteiger partial charge in [-0.25, -0.2) is 9.37 Å². The lowest BCUT2D eigenvalue weighted by molar-refractivity contribution is -0.126. The molecule has 0 unspecified atom stereocenters. The zero-order valence-corrected chi connectivity index (χ0v) is 16.3. The first kappa shape index (κ1) is 19.1. The van der Waals surface area contributed by atoms with Gasteiger partial charge in [-0.2, -0.15) is 0 Å². The molecule has 1 N–H and O–H groups in total. The van der Waals surface area contributed by atoms with Gasteiger partial charge in [-0.05, 0) is 56.2 Å². The van der Waals surface area contributed by atoms with Crippen molar-refractivity contribution in [2.75, 3.05) is 13.1 Å². The zero-order chi connectivity index (χ0) is 20.4. The predicted octanol–water partition coefficient (Wildman–Crippen LogP) is 2.95. The van der Waals surface area contributed by atoms with Crippen LogP contribution in [0.3, 0.4) is 0 Å². The zero-order valence-electron chi connectivity index (χ0n) is 16.3. The molecule has 0 spiro atoms. The van der Waals surface area contributed by atoms with Crippen LogP contribution in [-0.4, -0.2) is 39.2 Å². The minimum Gasteiger partial charge on any atom is -0.350 e. The summed E-state index contributed by atoms with van der Waals surface area (Å²) in [6, 6.07) is 11.4. The van der Waals surface area contributed by atoms with Crippen molar-refractivity contribution in [2.24, 2.45) is 5.92 Å². The SMILES string of the molecule is Cc1nc(CNC(=O)[C@H]2CCCN(C(=O)c3ccc(F)cc3)C2)c2ccccn12. The van der Waals surface area contributed by atoms with Crippen molar-refractivity contribution in [3.63, 3.8) is 0 Å². The lowest BCUT2D eigenvalue weighted by atomic mass is 9.96. The Hall–Kier alpha value is -3.22. The number of aryl methyl sites for hydroxylation is 1. The number of rotatable bonds is 4. The van der Waals surface area contributed by atoms with E-state index in [-0.39, 0.29) is 23.5 Å². The largest absolute Gasteiger partial charge is 0.350 e. The molecule has 1 aliphatic rings. The van der Waals surface area contributed by atoms with Gasteiger partial charge in [-0.1, -0.05) is 6.07 Å². The van der Waals surface area contributed by atoms with Gasteiger partial charge in [0.2, 0.25) is 5.91 Å². The van der Waals surface area contributed by atoms with Crippen LogP contribution in [0.25, 0.3) is 5.52 Å². The van der Waals surface area contributed by atoms with E-state index in [1.54, 1.807) is 4.90 Å². The van der Waals surface area contributed by atoms with Crippen LogP contribution in [0, 0.1) is 18.7 Å². The Labute approximate surface area is 168 Å². The highest BCUT2D eigenvalue weighted by Gasteiger charge is 2.29. The first-order chi connectivity index (χ1) is 14.0. The number of amides is 2. The summed E-state index contributed by atoms with van der Waals surface area (Å²) in [6.45, 7) is 3.25. The van der Waals surface area contributed by atoms with Crippen LogP contribution in [0.1, 0.15) is 34.7 Å². The molecular weight excluding hydrogens is 371 g/mol. The average molecular weight is 394 g/mol. The molecule has 150 valence electrons. The van der Waals surface area contributed by atoms with Crippen molar-refractivity contribution in [3.05, 3.63) is 71.6 Å². The Bertz CT molecular complexity index is 1040. The highest BCUT2D eigenvalue weighted by molar-refractivity contribution is 5.94. The summed E-state index contributed by atoms with van der Waals surface area (Å²) in [4.78, 5) is 31.6. The minimum atomic E-state index is -0.375. The third-order valence-electron chi connectivity index (χ3n) is 5.40. The van der Waals surface area contributed by atoms with E-state index >= 15 is 0 Å². The molecule has 1 fully saturated rings. The molecule has 7 heteroatoms. The molecule has 1 saturated heterocycles. The second kappa shape index (κ2) is 8.03.